The van der Waals surface area contributed by atoms with Crippen molar-refractivity contribution in [2.24, 2.45) is 0 Å². The topological polar surface area (TPSA) is 51.2 Å². The molecule has 0 bridgehead atoms. The van der Waals surface area contributed by atoms with Gasteiger partial charge in [0.25, 0.3) is 0 Å². The molecule has 0 aliphatic heterocycles. The lowest BCUT2D eigenvalue weighted by Crippen LogP contribution is -2.26. The third kappa shape index (κ3) is 5.22. The first-order valence-electron chi connectivity index (χ1n) is 6.65. The zero-order valence-electron chi connectivity index (χ0n) is 11.8. The fourth-order valence-electron chi connectivity index (χ4n) is 1.81. The molecule has 2 aromatic rings. The minimum Gasteiger partial charge on any atom is -0.385 e. The standard InChI is InChI=1S/C15H17BrN2O2S/c1-20-7-3-6-17-14(19)9-13-10-21-15(18-13)11-4-2-5-12(16)8-11/h2,4-5,8,10H,3,6-7,9H2,1H3,(H,17,19). The highest BCUT2D eigenvalue weighted by atomic mass is 79.9. The van der Waals surface area contributed by atoms with E-state index in [-0.39, 0.29) is 5.91 Å². The van der Waals surface area contributed by atoms with Crippen LogP contribution < -0.4 is 5.32 Å². The Bertz CT molecular complexity index is 601. The first kappa shape index (κ1) is 16.1. The lowest BCUT2D eigenvalue weighted by atomic mass is 10.2. The molecule has 112 valence electrons. The van der Waals surface area contributed by atoms with Gasteiger partial charge in [-0.15, -0.1) is 11.3 Å². The summed E-state index contributed by atoms with van der Waals surface area (Å²) >= 11 is 5.00. The van der Waals surface area contributed by atoms with Gasteiger partial charge in [0.15, 0.2) is 0 Å². The monoisotopic (exact) mass is 368 g/mol. The number of halogens is 1. The lowest BCUT2D eigenvalue weighted by molar-refractivity contribution is -0.120. The molecule has 0 spiro atoms. The minimum absolute atomic E-state index is 0.00260. The molecular weight excluding hydrogens is 352 g/mol. The molecule has 0 saturated heterocycles. The van der Waals surface area contributed by atoms with Gasteiger partial charge >= 0.3 is 0 Å². The summed E-state index contributed by atoms with van der Waals surface area (Å²) in [5, 5.41) is 5.73. The molecule has 21 heavy (non-hydrogen) atoms. The van der Waals surface area contributed by atoms with Crippen molar-refractivity contribution in [1.29, 1.82) is 0 Å². The molecule has 0 atom stereocenters. The third-order valence-corrected chi connectivity index (χ3v) is 4.25. The summed E-state index contributed by atoms with van der Waals surface area (Å²) in [4.78, 5) is 16.3. The zero-order chi connectivity index (χ0) is 15.1. The van der Waals surface area contributed by atoms with E-state index in [9.17, 15) is 4.79 Å². The maximum absolute atomic E-state index is 11.8. The van der Waals surface area contributed by atoms with E-state index in [1.165, 1.54) is 0 Å². The van der Waals surface area contributed by atoms with Crippen molar-refractivity contribution in [3.05, 3.63) is 39.8 Å². The zero-order valence-corrected chi connectivity index (χ0v) is 14.2. The number of rotatable bonds is 7. The number of methoxy groups -OCH3 is 1. The summed E-state index contributed by atoms with van der Waals surface area (Å²) in [7, 11) is 1.65. The maximum atomic E-state index is 11.8. The smallest absolute Gasteiger partial charge is 0.226 e. The summed E-state index contributed by atoms with van der Waals surface area (Å²) in [5.41, 5.74) is 1.86. The molecule has 4 nitrogen and oxygen atoms in total. The Kier molecular flexibility index (Phi) is 6.35. The molecule has 0 unspecified atom stereocenters. The predicted octanol–water partition coefficient (Wildman–Crippen LogP) is 3.27. The molecule has 0 aliphatic carbocycles. The number of benzene rings is 1. The second-order valence-corrected chi connectivity index (χ2v) is 6.30. The van der Waals surface area contributed by atoms with Gasteiger partial charge in [0.2, 0.25) is 5.91 Å². The number of carbonyl (C=O) groups excluding carboxylic acids is 1. The average molecular weight is 369 g/mol. The first-order valence-corrected chi connectivity index (χ1v) is 8.32. The number of nitrogens with zero attached hydrogens (tertiary/aromatic N) is 1. The van der Waals surface area contributed by atoms with Gasteiger partial charge in [0.1, 0.15) is 5.01 Å². The molecule has 1 N–H and O–H groups in total. The Morgan fingerprint density at radius 1 is 1.48 bits per heavy atom. The molecule has 1 aromatic carbocycles. The molecule has 6 heteroatoms. The average Bonchev–Trinajstić information content (AvgIpc) is 2.92. The van der Waals surface area contributed by atoms with Gasteiger partial charge in [-0.2, -0.15) is 0 Å². The van der Waals surface area contributed by atoms with Crippen molar-refractivity contribution in [3.8, 4) is 10.6 Å². The number of amides is 1. The van der Waals surface area contributed by atoms with Crippen LogP contribution in [0.15, 0.2) is 34.1 Å². The van der Waals surface area contributed by atoms with E-state index in [0.29, 0.717) is 19.6 Å². The van der Waals surface area contributed by atoms with Crippen molar-refractivity contribution in [1.82, 2.24) is 10.3 Å². The normalized spacial score (nSPS) is 10.6. The van der Waals surface area contributed by atoms with Crippen LogP contribution in [0.1, 0.15) is 12.1 Å². The highest BCUT2D eigenvalue weighted by Gasteiger charge is 2.09. The van der Waals surface area contributed by atoms with E-state index in [1.807, 2.05) is 29.6 Å². The second-order valence-electron chi connectivity index (χ2n) is 4.53. The molecule has 0 aliphatic rings. The van der Waals surface area contributed by atoms with E-state index in [1.54, 1.807) is 18.4 Å². The summed E-state index contributed by atoms with van der Waals surface area (Å²) in [6.45, 7) is 1.29. The van der Waals surface area contributed by atoms with E-state index in [0.717, 1.165) is 27.2 Å². The van der Waals surface area contributed by atoms with Gasteiger partial charge in [-0.25, -0.2) is 4.98 Å². The first-order chi connectivity index (χ1) is 10.2. The third-order valence-electron chi connectivity index (χ3n) is 2.81. The van der Waals surface area contributed by atoms with Crippen LogP contribution in [0, 0.1) is 0 Å². The van der Waals surface area contributed by atoms with E-state index < -0.39 is 0 Å². The minimum atomic E-state index is -0.00260. The maximum Gasteiger partial charge on any atom is 0.226 e. The van der Waals surface area contributed by atoms with Crippen LogP contribution >= 0.6 is 27.3 Å². The van der Waals surface area contributed by atoms with Crippen molar-refractivity contribution in [3.63, 3.8) is 0 Å². The molecule has 2 rings (SSSR count). The number of thiazole rings is 1. The van der Waals surface area contributed by atoms with Crippen LogP contribution in [0.3, 0.4) is 0 Å². The highest BCUT2D eigenvalue weighted by Crippen LogP contribution is 2.26. The molecule has 0 radical (unpaired) electrons. The highest BCUT2D eigenvalue weighted by molar-refractivity contribution is 9.10. The van der Waals surface area contributed by atoms with Crippen LogP contribution in [0.25, 0.3) is 10.6 Å². The summed E-state index contributed by atoms with van der Waals surface area (Å²) < 4.78 is 5.96. The Hall–Kier alpha value is -1.24. The van der Waals surface area contributed by atoms with E-state index in [2.05, 4.69) is 26.2 Å². The molecule has 1 amide bonds. The van der Waals surface area contributed by atoms with Crippen LogP contribution in [-0.4, -0.2) is 31.2 Å². The largest absolute Gasteiger partial charge is 0.385 e. The molecular formula is C15H17BrN2O2S. The fourth-order valence-corrected chi connectivity index (χ4v) is 3.03. The van der Waals surface area contributed by atoms with E-state index >= 15 is 0 Å². The SMILES string of the molecule is COCCCNC(=O)Cc1csc(-c2cccc(Br)c2)n1. The Morgan fingerprint density at radius 2 is 2.33 bits per heavy atom. The fraction of sp³-hybridized carbons (Fsp3) is 0.333. The van der Waals surface area contributed by atoms with Crippen molar-refractivity contribution in [2.45, 2.75) is 12.8 Å². The predicted molar refractivity (Wildman–Crippen MR) is 88.5 cm³/mol. The number of ether oxygens (including phenoxy) is 1. The van der Waals surface area contributed by atoms with Crippen LogP contribution in [0.4, 0.5) is 0 Å². The van der Waals surface area contributed by atoms with E-state index in [4.69, 9.17) is 4.74 Å². The van der Waals surface area contributed by atoms with Gasteiger partial charge in [-0.1, -0.05) is 28.1 Å². The molecule has 0 fully saturated rings. The van der Waals surface area contributed by atoms with Crippen LogP contribution in [0.5, 0.6) is 0 Å². The lowest BCUT2D eigenvalue weighted by Gasteiger charge is -2.03. The van der Waals surface area contributed by atoms with Gasteiger partial charge in [0, 0.05) is 35.7 Å². The molecule has 1 aromatic heterocycles. The molecule has 0 saturated carbocycles. The molecule has 1 heterocycles. The number of aromatic nitrogens is 1. The van der Waals surface area contributed by atoms with Gasteiger partial charge in [-0.05, 0) is 18.6 Å². The summed E-state index contributed by atoms with van der Waals surface area (Å²) in [6.07, 6.45) is 1.14. The summed E-state index contributed by atoms with van der Waals surface area (Å²) in [5.74, 6) is -0.00260. The van der Waals surface area contributed by atoms with Crippen LogP contribution in [-0.2, 0) is 16.0 Å². The number of hydrogen-bond acceptors (Lipinski definition) is 4. The Morgan fingerprint density at radius 3 is 3.10 bits per heavy atom. The number of carbonyl (C=O) groups is 1. The van der Waals surface area contributed by atoms with Crippen molar-refractivity contribution in [2.75, 3.05) is 20.3 Å². The van der Waals surface area contributed by atoms with Crippen molar-refractivity contribution >= 4 is 33.2 Å². The quantitative estimate of drug-likeness (QED) is 0.763. The van der Waals surface area contributed by atoms with Gasteiger partial charge < -0.3 is 10.1 Å². The van der Waals surface area contributed by atoms with Gasteiger partial charge in [-0.3, -0.25) is 4.79 Å². The van der Waals surface area contributed by atoms with Crippen LogP contribution in [0.2, 0.25) is 0 Å². The van der Waals surface area contributed by atoms with Gasteiger partial charge in [0.05, 0.1) is 12.1 Å². The summed E-state index contributed by atoms with van der Waals surface area (Å²) in [6, 6.07) is 7.99. The number of nitrogens with one attached hydrogen (secondary N) is 1. The Labute approximate surface area is 136 Å². The number of hydrogen-bond donors (Lipinski definition) is 1. The van der Waals surface area contributed by atoms with Crippen molar-refractivity contribution < 1.29 is 9.53 Å². The second kappa shape index (κ2) is 8.26. The Balaban J connectivity index is 1.90.